The summed E-state index contributed by atoms with van der Waals surface area (Å²) in [5.41, 5.74) is 8.30. The number of pyridine rings is 1. The highest BCUT2D eigenvalue weighted by molar-refractivity contribution is 7.18. The van der Waals surface area contributed by atoms with Crippen LogP contribution >= 0.6 is 11.3 Å². The second-order valence-electron chi connectivity index (χ2n) is 4.17. The van der Waals surface area contributed by atoms with Crippen molar-refractivity contribution in [1.82, 2.24) is 9.97 Å². The van der Waals surface area contributed by atoms with Crippen molar-refractivity contribution in [2.24, 2.45) is 5.73 Å². The third kappa shape index (κ3) is 2.25. The molecule has 1 atom stereocenters. The van der Waals surface area contributed by atoms with Crippen molar-refractivity contribution in [3.63, 3.8) is 0 Å². The quantitative estimate of drug-likeness (QED) is 0.783. The first-order valence-electron chi connectivity index (χ1n) is 5.83. The monoisotopic (exact) mass is 255 g/mol. The van der Waals surface area contributed by atoms with Gasteiger partial charge in [-0.25, -0.2) is 4.98 Å². The molecule has 2 N–H and O–H groups in total. The van der Waals surface area contributed by atoms with E-state index in [1.807, 2.05) is 24.3 Å². The summed E-state index contributed by atoms with van der Waals surface area (Å²) in [6, 6.07) is 12.1. The Hall–Kier alpha value is -1.78. The van der Waals surface area contributed by atoms with Gasteiger partial charge in [-0.1, -0.05) is 30.3 Å². The molecule has 0 bridgehead atoms. The molecule has 3 aromatic rings. The molecule has 90 valence electrons. The topological polar surface area (TPSA) is 51.8 Å². The van der Waals surface area contributed by atoms with Crippen LogP contribution < -0.4 is 5.73 Å². The first kappa shape index (κ1) is 11.3. The maximum absolute atomic E-state index is 6.20. The maximum atomic E-state index is 6.20. The zero-order chi connectivity index (χ0) is 12.4. The van der Waals surface area contributed by atoms with E-state index >= 15 is 0 Å². The van der Waals surface area contributed by atoms with Crippen LogP contribution in [0.15, 0.2) is 48.8 Å². The van der Waals surface area contributed by atoms with Crippen LogP contribution in [0.3, 0.4) is 0 Å². The first-order chi connectivity index (χ1) is 8.83. The molecular formula is C14H13N3S. The van der Waals surface area contributed by atoms with Crippen molar-refractivity contribution in [2.75, 3.05) is 0 Å². The van der Waals surface area contributed by atoms with Gasteiger partial charge in [-0.15, -0.1) is 11.3 Å². The Kier molecular flexibility index (Phi) is 3.04. The summed E-state index contributed by atoms with van der Waals surface area (Å²) in [5.74, 6) is 0. The highest BCUT2D eigenvalue weighted by Gasteiger charge is 2.10. The minimum Gasteiger partial charge on any atom is -0.324 e. The van der Waals surface area contributed by atoms with Crippen LogP contribution in [0.1, 0.15) is 16.6 Å². The van der Waals surface area contributed by atoms with Gasteiger partial charge in [0.05, 0.1) is 21.4 Å². The van der Waals surface area contributed by atoms with Gasteiger partial charge in [0.25, 0.3) is 0 Å². The molecule has 1 unspecified atom stereocenters. The molecule has 0 saturated heterocycles. The molecule has 0 fully saturated rings. The first-order valence-corrected chi connectivity index (χ1v) is 6.64. The minimum atomic E-state index is -0.000258. The molecule has 0 aliphatic heterocycles. The van der Waals surface area contributed by atoms with Gasteiger partial charge in [0.1, 0.15) is 0 Å². The van der Waals surface area contributed by atoms with Crippen LogP contribution in [-0.4, -0.2) is 9.97 Å². The lowest BCUT2D eigenvalue weighted by atomic mass is 10.1. The largest absolute Gasteiger partial charge is 0.324 e. The van der Waals surface area contributed by atoms with Crippen molar-refractivity contribution < 1.29 is 0 Å². The summed E-state index contributed by atoms with van der Waals surface area (Å²) in [6.07, 6.45) is 4.36. The Morgan fingerprint density at radius 3 is 2.78 bits per heavy atom. The Bertz CT molecular complexity index is 615. The molecule has 3 rings (SSSR count). The predicted molar refractivity (Wildman–Crippen MR) is 74.5 cm³/mol. The number of nitrogens with zero attached hydrogens (tertiary/aromatic N) is 2. The number of hydrogen-bond acceptors (Lipinski definition) is 4. The van der Waals surface area contributed by atoms with Crippen molar-refractivity contribution in [1.29, 1.82) is 0 Å². The molecule has 18 heavy (non-hydrogen) atoms. The maximum Gasteiger partial charge on any atom is 0.0998 e. The fourth-order valence-corrected chi connectivity index (χ4v) is 2.91. The lowest BCUT2D eigenvalue weighted by Gasteiger charge is -2.09. The fraction of sp³-hybridized carbons (Fsp3) is 0.143. The van der Waals surface area contributed by atoms with E-state index < -0.39 is 0 Å². The van der Waals surface area contributed by atoms with E-state index in [4.69, 9.17) is 5.73 Å². The third-order valence-corrected chi connectivity index (χ3v) is 3.92. The number of hydrogen-bond donors (Lipinski definition) is 1. The lowest BCUT2D eigenvalue weighted by molar-refractivity contribution is 0.719. The van der Waals surface area contributed by atoms with Gasteiger partial charge in [-0.2, -0.15) is 0 Å². The molecule has 3 nitrogen and oxygen atoms in total. The van der Waals surface area contributed by atoms with Crippen LogP contribution in [0.5, 0.6) is 0 Å². The van der Waals surface area contributed by atoms with E-state index in [9.17, 15) is 0 Å². The molecular weight excluding hydrogens is 242 g/mol. The average molecular weight is 255 g/mol. The highest BCUT2D eigenvalue weighted by Crippen LogP contribution is 2.24. The van der Waals surface area contributed by atoms with Crippen molar-refractivity contribution in [3.05, 3.63) is 59.4 Å². The number of thiazole rings is 1. The molecule has 2 heterocycles. The van der Waals surface area contributed by atoms with Gasteiger partial charge in [0, 0.05) is 18.7 Å². The Morgan fingerprint density at radius 2 is 2.00 bits per heavy atom. The summed E-state index contributed by atoms with van der Waals surface area (Å²) in [7, 11) is 0. The molecule has 1 aromatic carbocycles. The second-order valence-corrected chi connectivity index (χ2v) is 5.29. The molecule has 2 aromatic heterocycles. The van der Waals surface area contributed by atoms with Gasteiger partial charge in [-0.3, -0.25) is 4.98 Å². The second kappa shape index (κ2) is 4.84. The van der Waals surface area contributed by atoms with E-state index in [-0.39, 0.29) is 6.04 Å². The fourth-order valence-electron chi connectivity index (χ4n) is 1.92. The molecule has 0 spiro atoms. The van der Waals surface area contributed by atoms with Gasteiger partial charge >= 0.3 is 0 Å². The zero-order valence-corrected chi connectivity index (χ0v) is 10.6. The van der Waals surface area contributed by atoms with E-state index in [1.54, 1.807) is 23.7 Å². The third-order valence-electron chi connectivity index (χ3n) is 2.86. The number of nitrogens with two attached hydrogens (primary N) is 1. The minimum absolute atomic E-state index is 0.000258. The van der Waals surface area contributed by atoms with Crippen molar-refractivity contribution >= 4 is 21.6 Å². The lowest BCUT2D eigenvalue weighted by Crippen LogP contribution is -2.12. The Balaban J connectivity index is 1.84. The SMILES string of the molecule is NC(Cc1nc2cnccc2s1)c1ccccc1. The Labute approximate surface area is 109 Å². The van der Waals surface area contributed by atoms with E-state index in [1.165, 1.54) is 4.70 Å². The normalized spacial score (nSPS) is 12.7. The highest BCUT2D eigenvalue weighted by atomic mass is 32.1. The molecule has 0 saturated carbocycles. The number of benzene rings is 1. The Morgan fingerprint density at radius 1 is 1.17 bits per heavy atom. The molecule has 4 heteroatoms. The van der Waals surface area contributed by atoms with Gasteiger partial charge in [-0.05, 0) is 11.6 Å². The zero-order valence-electron chi connectivity index (χ0n) is 9.78. The van der Waals surface area contributed by atoms with E-state index in [2.05, 4.69) is 22.1 Å². The molecule has 0 amide bonds. The molecule has 0 radical (unpaired) electrons. The van der Waals surface area contributed by atoms with E-state index in [0.717, 1.165) is 22.5 Å². The summed E-state index contributed by atoms with van der Waals surface area (Å²) < 4.78 is 1.17. The van der Waals surface area contributed by atoms with Gasteiger partial charge in [0.2, 0.25) is 0 Å². The van der Waals surface area contributed by atoms with Crippen molar-refractivity contribution in [2.45, 2.75) is 12.5 Å². The summed E-state index contributed by atoms with van der Waals surface area (Å²) in [5, 5.41) is 1.06. The number of rotatable bonds is 3. The summed E-state index contributed by atoms with van der Waals surface area (Å²) in [6.45, 7) is 0. The van der Waals surface area contributed by atoms with Crippen LogP contribution in [0.2, 0.25) is 0 Å². The van der Waals surface area contributed by atoms with E-state index in [0.29, 0.717) is 0 Å². The van der Waals surface area contributed by atoms with Gasteiger partial charge < -0.3 is 5.73 Å². The van der Waals surface area contributed by atoms with Crippen LogP contribution in [0.25, 0.3) is 10.2 Å². The standard InChI is InChI=1S/C14H13N3S/c15-11(10-4-2-1-3-5-10)8-14-17-12-9-16-7-6-13(12)18-14/h1-7,9,11H,8,15H2. The van der Waals surface area contributed by atoms with Crippen molar-refractivity contribution in [3.8, 4) is 0 Å². The average Bonchev–Trinajstić information content (AvgIpc) is 2.82. The smallest absolute Gasteiger partial charge is 0.0998 e. The van der Waals surface area contributed by atoms with Crippen LogP contribution in [-0.2, 0) is 6.42 Å². The number of fused-ring (bicyclic) bond motifs is 1. The van der Waals surface area contributed by atoms with Crippen LogP contribution in [0, 0.1) is 0 Å². The van der Waals surface area contributed by atoms with Gasteiger partial charge in [0.15, 0.2) is 0 Å². The number of aromatic nitrogens is 2. The summed E-state index contributed by atoms with van der Waals surface area (Å²) in [4.78, 5) is 8.63. The molecule has 0 aliphatic rings. The van der Waals surface area contributed by atoms with Crippen LogP contribution in [0.4, 0.5) is 0 Å². The molecule has 0 aliphatic carbocycles. The summed E-state index contributed by atoms with van der Waals surface area (Å²) >= 11 is 1.69. The predicted octanol–water partition coefficient (Wildman–Crippen LogP) is 2.93.